The van der Waals surface area contributed by atoms with Crippen LogP contribution in [0.3, 0.4) is 0 Å². The van der Waals surface area contributed by atoms with Gasteiger partial charge in [-0.1, -0.05) is 73.5 Å². The molecule has 2 aromatic carbocycles. The van der Waals surface area contributed by atoms with Gasteiger partial charge in [-0.3, -0.25) is 0 Å². The van der Waals surface area contributed by atoms with Gasteiger partial charge in [0.15, 0.2) is 0 Å². The SMILES string of the molecule is CCC[C@H](/C=C/[C@@H](O)COCc1ccccc1)NS(=O)(=O)c1ccc(C)cc1. The Labute approximate surface area is 168 Å². The molecule has 2 aromatic rings. The Bertz CT molecular complexity index is 833. The average Bonchev–Trinajstić information content (AvgIpc) is 2.67. The molecule has 0 saturated carbocycles. The fraction of sp³-hybridized carbons (Fsp3) is 0.364. The maximum atomic E-state index is 12.6. The maximum Gasteiger partial charge on any atom is 0.241 e. The molecule has 0 unspecified atom stereocenters. The molecule has 0 aliphatic carbocycles. The van der Waals surface area contributed by atoms with Crippen molar-refractivity contribution in [3.05, 3.63) is 77.9 Å². The summed E-state index contributed by atoms with van der Waals surface area (Å²) >= 11 is 0. The van der Waals surface area contributed by atoms with Gasteiger partial charge in [0.25, 0.3) is 0 Å². The summed E-state index contributed by atoms with van der Waals surface area (Å²) in [6.45, 7) is 4.47. The number of aliphatic hydroxyl groups excluding tert-OH is 1. The predicted octanol–water partition coefficient (Wildman–Crippen LogP) is 3.58. The molecule has 0 radical (unpaired) electrons. The van der Waals surface area contributed by atoms with E-state index in [1.54, 1.807) is 36.4 Å². The zero-order valence-electron chi connectivity index (χ0n) is 16.4. The fourth-order valence-electron chi connectivity index (χ4n) is 2.68. The van der Waals surface area contributed by atoms with Crippen LogP contribution in [0.2, 0.25) is 0 Å². The minimum absolute atomic E-state index is 0.148. The third-order valence-corrected chi connectivity index (χ3v) is 5.71. The van der Waals surface area contributed by atoms with Crippen LogP contribution < -0.4 is 4.72 Å². The van der Waals surface area contributed by atoms with E-state index >= 15 is 0 Å². The summed E-state index contributed by atoms with van der Waals surface area (Å²) in [7, 11) is -3.61. The van der Waals surface area contributed by atoms with E-state index in [-0.39, 0.29) is 17.5 Å². The van der Waals surface area contributed by atoms with Crippen LogP contribution in [-0.4, -0.2) is 32.3 Å². The van der Waals surface area contributed by atoms with Gasteiger partial charge in [0.05, 0.1) is 24.2 Å². The minimum Gasteiger partial charge on any atom is -0.387 e. The van der Waals surface area contributed by atoms with Crippen molar-refractivity contribution in [1.29, 1.82) is 0 Å². The summed E-state index contributed by atoms with van der Waals surface area (Å²) in [5.41, 5.74) is 2.04. The second kappa shape index (κ2) is 11.1. The molecule has 0 bridgehead atoms. The standard InChI is InChI=1S/C22H29NO4S/c1-3-7-20(23-28(25,26)22-14-10-18(2)11-15-22)12-13-21(24)17-27-16-19-8-5-4-6-9-19/h4-6,8-15,20-21,23-24H,3,7,16-17H2,1-2H3/b13-12+/t20-,21-/m1/s1. The van der Waals surface area contributed by atoms with E-state index in [9.17, 15) is 13.5 Å². The number of rotatable bonds is 11. The van der Waals surface area contributed by atoms with Gasteiger partial charge < -0.3 is 9.84 Å². The van der Waals surface area contributed by atoms with Gasteiger partial charge in [-0.2, -0.15) is 0 Å². The van der Waals surface area contributed by atoms with Crippen molar-refractivity contribution in [2.75, 3.05) is 6.61 Å². The molecule has 152 valence electrons. The highest BCUT2D eigenvalue weighted by Gasteiger charge is 2.18. The van der Waals surface area contributed by atoms with E-state index in [4.69, 9.17) is 4.74 Å². The monoisotopic (exact) mass is 403 g/mol. The Morgan fingerprint density at radius 1 is 1.07 bits per heavy atom. The Morgan fingerprint density at radius 3 is 2.39 bits per heavy atom. The van der Waals surface area contributed by atoms with Gasteiger partial charge in [-0.25, -0.2) is 13.1 Å². The lowest BCUT2D eigenvalue weighted by Crippen LogP contribution is -2.33. The van der Waals surface area contributed by atoms with Crippen LogP contribution in [0.1, 0.15) is 30.9 Å². The van der Waals surface area contributed by atoms with Gasteiger partial charge in [-0.05, 0) is 31.0 Å². The summed E-state index contributed by atoms with van der Waals surface area (Å²) in [6, 6.07) is 16.1. The molecule has 0 amide bonds. The maximum absolute atomic E-state index is 12.6. The van der Waals surface area contributed by atoms with Gasteiger partial charge in [0.1, 0.15) is 0 Å². The van der Waals surface area contributed by atoms with Crippen molar-refractivity contribution in [2.45, 2.75) is 50.3 Å². The molecule has 0 aliphatic rings. The molecule has 0 aromatic heterocycles. The highest BCUT2D eigenvalue weighted by Crippen LogP contribution is 2.12. The highest BCUT2D eigenvalue weighted by molar-refractivity contribution is 7.89. The number of sulfonamides is 1. The first-order valence-electron chi connectivity index (χ1n) is 9.48. The first-order chi connectivity index (χ1) is 13.4. The van der Waals surface area contributed by atoms with Crippen LogP contribution in [0.25, 0.3) is 0 Å². The fourth-order valence-corrected chi connectivity index (χ4v) is 3.91. The van der Waals surface area contributed by atoms with E-state index in [0.29, 0.717) is 13.0 Å². The first kappa shape index (κ1) is 22.3. The molecular weight excluding hydrogens is 374 g/mol. The first-order valence-corrected chi connectivity index (χ1v) is 11.0. The Kier molecular flexibility index (Phi) is 8.86. The third kappa shape index (κ3) is 7.56. The van der Waals surface area contributed by atoms with E-state index in [1.807, 2.05) is 44.2 Å². The highest BCUT2D eigenvalue weighted by atomic mass is 32.2. The average molecular weight is 404 g/mol. The Balaban J connectivity index is 1.90. The van der Waals surface area contributed by atoms with Crippen LogP contribution >= 0.6 is 0 Å². The molecule has 2 rings (SSSR count). The number of hydrogen-bond acceptors (Lipinski definition) is 4. The van der Waals surface area contributed by atoms with E-state index in [0.717, 1.165) is 17.5 Å². The van der Waals surface area contributed by atoms with Crippen molar-refractivity contribution in [1.82, 2.24) is 4.72 Å². The van der Waals surface area contributed by atoms with Gasteiger partial charge in [0.2, 0.25) is 10.0 Å². The van der Waals surface area contributed by atoms with Crippen molar-refractivity contribution < 1.29 is 18.3 Å². The van der Waals surface area contributed by atoms with E-state index in [2.05, 4.69) is 4.72 Å². The zero-order chi connectivity index (χ0) is 20.4. The molecule has 0 spiro atoms. The van der Waals surface area contributed by atoms with Crippen LogP contribution in [-0.2, 0) is 21.4 Å². The lowest BCUT2D eigenvalue weighted by Gasteiger charge is -2.16. The second-order valence-electron chi connectivity index (χ2n) is 6.78. The largest absolute Gasteiger partial charge is 0.387 e. The zero-order valence-corrected chi connectivity index (χ0v) is 17.2. The molecule has 0 aliphatic heterocycles. The molecule has 28 heavy (non-hydrogen) atoms. The predicted molar refractivity (Wildman–Crippen MR) is 111 cm³/mol. The molecule has 5 nitrogen and oxygen atoms in total. The summed E-state index contributed by atoms with van der Waals surface area (Å²) in [5.74, 6) is 0. The van der Waals surface area contributed by atoms with Crippen molar-refractivity contribution in [3.63, 3.8) is 0 Å². The number of aryl methyl sites for hydroxylation is 1. The van der Waals surface area contributed by atoms with Gasteiger partial charge in [0, 0.05) is 6.04 Å². The minimum atomic E-state index is -3.61. The molecule has 2 atom stereocenters. The van der Waals surface area contributed by atoms with E-state index in [1.165, 1.54) is 0 Å². The summed E-state index contributed by atoms with van der Waals surface area (Å²) < 4.78 is 33.4. The van der Waals surface area contributed by atoms with Crippen molar-refractivity contribution >= 4 is 10.0 Å². The van der Waals surface area contributed by atoms with Crippen LogP contribution in [0, 0.1) is 6.92 Å². The van der Waals surface area contributed by atoms with E-state index < -0.39 is 16.1 Å². The summed E-state index contributed by atoms with van der Waals surface area (Å²) in [6.07, 6.45) is 3.94. The quantitative estimate of drug-likeness (QED) is 0.563. The molecule has 2 N–H and O–H groups in total. The number of hydrogen-bond donors (Lipinski definition) is 2. The number of ether oxygens (including phenoxy) is 1. The Hall–Kier alpha value is -1.99. The Morgan fingerprint density at radius 2 is 1.75 bits per heavy atom. The number of nitrogens with one attached hydrogen (secondary N) is 1. The molecule has 0 fully saturated rings. The smallest absolute Gasteiger partial charge is 0.241 e. The number of benzene rings is 2. The van der Waals surface area contributed by atoms with Gasteiger partial charge in [-0.15, -0.1) is 0 Å². The molecule has 0 saturated heterocycles. The lowest BCUT2D eigenvalue weighted by atomic mass is 10.1. The van der Waals surface area contributed by atoms with Crippen LogP contribution in [0.4, 0.5) is 0 Å². The summed E-state index contributed by atoms with van der Waals surface area (Å²) in [5, 5.41) is 10.1. The van der Waals surface area contributed by atoms with Gasteiger partial charge >= 0.3 is 0 Å². The topological polar surface area (TPSA) is 75.6 Å². The van der Waals surface area contributed by atoms with Crippen LogP contribution in [0.15, 0.2) is 71.6 Å². The normalized spacial score (nSPS) is 14.2. The van der Waals surface area contributed by atoms with Crippen LogP contribution in [0.5, 0.6) is 0 Å². The lowest BCUT2D eigenvalue weighted by molar-refractivity contribution is 0.0502. The second-order valence-corrected chi connectivity index (χ2v) is 8.50. The number of aliphatic hydroxyl groups is 1. The van der Waals surface area contributed by atoms with Crippen molar-refractivity contribution in [3.8, 4) is 0 Å². The molecule has 0 heterocycles. The summed E-state index contributed by atoms with van der Waals surface area (Å²) in [4.78, 5) is 0.236. The third-order valence-electron chi connectivity index (χ3n) is 4.20. The molecule has 6 heteroatoms. The molecular formula is C22H29NO4S. The van der Waals surface area contributed by atoms with Crippen molar-refractivity contribution in [2.24, 2.45) is 0 Å².